The van der Waals surface area contributed by atoms with Gasteiger partial charge in [0.2, 0.25) is 0 Å². The third-order valence-corrected chi connectivity index (χ3v) is 3.93. The lowest BCUT2D eigenvalue weighted by Gasteiger charge is -2.20. The average molecular weight is 315 g/mol. The first kappa shape index (κ1) is 15.6. The molecule has 0 aliphatic carbocycles. The van der Waals surface area contributed by atoms with E-state index in [1.54, 1.807) is 0 Å². The summed E-state index contributed by atoms with van der Waals surface area (Å²) in [6.07, 6.45) is 1.52. The zero-order chi connectivity index (χ0) is 16.1. The predicted molar refractivity (Wildman–Crippen MR) is 84.8 cm³/mol. The molecule has 0 spiro atoms. The summed E-state index contributed by atoms with van der Waals surface area (Å²) in [4.78, 5) is 12.1. The Bertz CT molecular complexity index is 642. The minimum Gasteiger partial charge on any atom is -0.371 e. The monoisotopic (exact) mass is 315 g/mol. The van der Waals surface area contributed by atoms with Crippen LogP contribution in [-0.2, 0) is 17.7 Å². The molecule has 1 aromatic carbocycles. The van der Waals surface area contributed by atoms with Gasteiger partial charge in [0.25, 0.3) is 0 Å². The fourth-order valence-corrected chi connectivity index (χ4v) is 2.70. The number of carbonyl (C=O) groups excluding carboxylic acids is 1. The van der Waals surface area contributed by atoms with Gasteiger partial charge in [0, 0.05) is 12.7 Å². The van der Waals surface area contributed by atoms with Crippen LogP contribution in [0.25, 0.3) is 0 Å². The van der Waals surface area contributed by atoms with E-state index in [1.807, 2.05) is 43.3 Å². The molecule has 122 valence electrons. The maximum Gasteiger partial charge on any atom is 0.315 e. The number of hydrogen-bond acceptors (Lipinski definition) is 4. The van der Waals surface area contributed by atoms with Crippen molar-refractivity contribution in [3.05, 3.63) is 53.4 Å². The first-order valence-corrected chi connectivity index (χ1v) is 7.91. The van der Waals surface area contributed by atoms with Crippen LogP contribution in [0, 0.1) is 0 Å². The fourth-order valence-electron chi connectivity index (χ4n) is 2.70. The molecule has 1 aromatic heterocycles. The van der Waals surface area contributed by atoms with Gasteiger partial charge in [-0.15, -0.1) is 0 Å². The second kappa shape index (κ2) is 7.28. The molecule has 2 aromatic rings. The molecular weight excluding hydrogens is 294 g/mol. The van der Waals surface area contributed by atoms with E-state index >= 15 is 0 Å². The van der Waals surface area contributed by atoms with Gasteiger partial charge in [-0.1, -0.05) is 42.4 Å². The SMILES string of the molecule is CCc1cc(CNC(=O)N[C@H]2CCO[C@H]2c2ccccc2)on1. The number of ether oxygens (including phenoxy) is 1. The minimum absolute atomic E-state index is 0.0293. The highest BCUT2D eigenvalue weighted by Crippen LogP contribution is 2.28. The summed E-state index contributed by atoms with van der Waals surface area (Å²) in [6, 6.07) is 11.6. The Labute approximate surface area is 135 Å². The first-order chi connectivity index (χ1) is 11.3. The largest absolute Gasteiger partial charge is 0.371 e. The third-order valence-electron chi connectivity index (χ3n) is 3.93. The quantitative estimate of drug-likeness (QED) is 0.889. The van der Waals surface area contributed by atoms with Crippen molar-refractivity contribution >= 4 is 6.03 Å². The molecule has 1 saturated heterocycles. The summed E-state index contributed by atoms with van der Waals surface area (Å²) in [5.41, 5.74) is 1.97. The molecule has 0 unspecified atom stereocenters. The van der Waals surface area contributed by atoms with Gasteiger partial charge in [0.05, 0.1) is 18.3 Å². The molecule has 1 aliphatic heterocycles. The summed E-state index contributed by atoms with van der Waals surface area (Å²) in [5, 5.41) is 9.68. The van der Waals surface area contributed by atoms with Crippen LogP contribution in [0.5, 0.6) is 0 Å². The van der Waals surface area contributed by atoms with Crippen LogP contribution in [0.2, 0.25) is 0 Å². The molecule has 0 radical (unpaired) electrons. The summed E-state index contributed by atoms with van der Waals surface area (Å²) < 4.78 is 10.9. The molecule has 23 heavy (non-hydrogen) atoms. The van der Waals surface area contributed by atoms with Gasteiger partial charge in [-0.05, 0) is 18.4 Å². The highest BCUT2D eigenvalue weighted by Gasteiger charge is 2.30. The molecular formula is C17H21N3O3. The molecule has 2 amide bonds. The van der Waals surface area contributed by atoms with E-state index in [0.717, 1.165) is 24.1 Å². The number of aromatic nitrogens is 1. The molecule has 2 heterocycles. The van der Waals surface area contributed by atoms with E-state index in [1.165, 1.54) is 0 Å². The summed E-state index contributed by atoms with van der Waals surface area (Å²) in [6.45, 7) is 2.97. The lowest BCUT2D eigenvalue weighted by molar-refractivity contribution is 0.0999. The van der Waals surface area contributed by atoms with E-state index in [9.17, 15) is 4.79 Å². The van der Waals surface area contributed by atoms with Crippen molar-refractivity contribution in [2.24, 2.45) is 0 Å². The molecule has 2 atom stereocenters. The van der Waals surface area contributed by atoms with E-state index in [2.05, 4.69) is 15.8 Å². The lowest BCUT2D eigenvalue weighted by Crippen LogP contribution is -2.43. The van der Waals surface area contributed by atoms with Crippen LogP contribution < -0.4 is 10.6 Å². The smallest absolute Gasteiger partial charge is 0.315 e. The number of nitrogens with one attached hydrogen (secondary N) is 2. The molecule has 0 bridgehead atoms. The summed E-state index contributed by atoms with van der Waals surface area (Å²) in [5.74, 6) is 0.652. The maximum absolute atomic E-state index is 12.1. The number of nitrogens with zero attached hydrogens (tertiary/aromatic N) is 1. The van der Waals surface area contributed by atoms with Crippen molar-refractivity contribution in [2.45, 2.75) is 38.5 Å². The molecule has 1 fully saturated rings. The normalized spacial score (nSPS) is 20.4. The number of carbonyl (C=O) groups is 1. The predicted octanol–water partition coefficient (Wildman–Crippen LogP) is 2.57. The van der Waals surface area contributed by atoms with Crippen LogP contribution in [0.1, 0.15) is 36.5 Å². The number of benzene rings is 1. The van der Waals surface area contributed by atoms with Crippen molar-refractivity contribution < 1.29 is 14.1 Å². The minimum atomic E-state index is -0.226. The maximum atomic E-state index is 12.1. The number of aryl methyl sites for hydroxylation is 1. The van der Waals surface area contributed by atoms with Crippen LogP contribution in [0.3, 0.4) is 0 Å². The lowest BCUT2D eigenvalue weighted by atomic mass is 10.0. The van der Waals surface area contributed by atoms with E-state index < -0.39 is 0 Å². The van der Waals surface area contributed by atoms with Crippen LogP contribution in [0.15, 0.2) is 40.9 Å². The van der Waals surface area contributed by atoms with Crippen molar-refractivity contribution in [1.29, 1.82) is 0 Å². The third kappa shape index (κ3) is 3.90. The Hall–Kier alpha value is -2.34. The Kier molecular flexibility index (Phi) is 4.92. The highest BCUT2D eigenvalue weighted by atomic mass is 16.5. The Morgan fingerprint density at radius 2 is 2.17 bits per heavy atom. The second-order valence-corrected chi connectivity index (χ2v) is 5.56. The molecule has 6 heteroatoms. The summed E-state index contributed by atoms with van der Waals surface area (Å²) >= 11 is 0. The number of rotatable bonds is 5. The number of urea groups is 1. The van der Waals surface area contributed by atoms with E-state index in [0.29, 0.717) is 18.9 Å². The van der Waals surface area contributed by atoms with Gasteiger partial charge in [-0.3, -0.25) is 0 Å². The Morgan fingerprint density at radius 1 is 1.35 bits per heavy atom. The van der Waals surface area contributed by atoms with Gasteiger partial charge in [-0.25, -0.2) is 4.79 Å². The van der Waals surface area contributed by atoms with Crippen LogP contribution in [0.4, 0.5) is 4.79 Å². The molecule has 6 nitrogen and oxygen atoms in total. The zero-order valence-corrected chi connectivity index (χ0v) is 13.1. The van der Waals surface area contributed by atoms with E-state index in [-0.39, 0.29) is 18.2 Å². The molecule has 1 aliphatic rings. The van der Waals surface area contributed by atoms with Crippen molar-refractivity contribution in [1.82, 2.24) is 15.8 Å². The average Bonchev–Trinajstić information content (AvgIpc) is 3.22. The first-order valence-electron chi connectivity index (χ1n) is 7.91. The van der Waals surface area contributed by atoms with Gasteiger partial charge in [-0.2, -0.15) is 0 Å². The van der Waals surface area contributed by atoms with Crippen LogP contribution in [-0.4, -0.2) is 23.8 Å². The topological polar surface area (TPSA) is 76.4 Å². The second-order valence-electron chi connectivity index (χ2n) is 5.56. The zero-order valence-electron chi connectivity index (χ0n) is 13.1. The number of hydrogen-bond donors (Lipinski definition) is 2. The Morgan fingerprint density at radius 3 is 2.91 bits per heavy atom. The Balaban J connectivity index is 1.52. The van der Waals surface area contributed by atoms with Crippen molar-refractivity contribution in [3.63, 3.8) is 0 Å². The standard InChI is InChI=1S/C17H21N3O3/c1-2-13-10-14(23-20-13)11-18-17(21)19-15-8-9-22-16(15)12-6-4-3-5-7-12/h3-7,10,15-16H,2,8-9,11H2,1H3,(H2,18,19,21)/t15-,16-/m0/s1. The van der Waals surface area contributed by atoms with Crippen molar-refractivity contribution in [2.75, 3.05) is 6.61 Å². The van der Waals surface area contributed by atoms with Crippen molar-refractivity contribution in [3.8, 4) is 0 Å². The summed E-state index contributed by atoms with van der Waals surface area (Å²) in [7, 11) is 0. The van der Waals surface area contributed by atoms with Gasteiger partial charge < -0.3 is 19.9 Å². The highest BCUT2D eigenvalue weighted by molar-refractivity contribution is 5.74. The van der Waals surface area contributed by atoms with Gasteiger partial charge >= 0.3 is 6.03 Å². The molecule has 2 N–H and O–H groups in total. The fraction of sp³-hybridized carbons (Fsp3) is 0.412. The molecule has 3 rings (SSSR count). The molecule has 0 saturated carbocycles. The van der Waals surface area contributed by atoms with Gasteiger partial charge in [0.1, 0.15) is 6.10 Å². The van der Waals surface area contributed by atoms with Crippen LogP contribution >= 0.6 is 0 Å². The number of amides is 2. The van der Waals surface area contributed by atoms with Gasteiger partial charge in [0.15, 0.2) is 5.76 Å². The van der Waals surface area contributed by atoms with E-state index in [4.69, 9.17) is 9.26 Å².